The minimum absolute atomic E-state index is 0.0330. The van der Waals surface area contributed by atoms with Gasteiger partial charge >= 0.3 is 0 Å². The number of halogens is 2. The van der Waals surface area contributed by atoms with E-state index in [1.165, 1.54) is 6.08 Å². The van der Waals surface area contributed by atoms with Crippen LogP contribution in [0, 0.1) is 11.3 Å². The molecule has 3 nitrogen and oxygen atoms in total. The third-order valence-corrected chi connectivity index (χ3v) is 3.96. The van der Waals surface area contributed by atoms with Gasteiger partial charge in [-0.15, -0.1) is 0 Å². The molecule has 0 heterocycles. The van der Waals surface area contributed by atoms with Gasteiger partial charge in [0, 0.05) is 5.56 Å². The summed E-state index contributed by atoms with van der Waals surface area (Å²) in [5, 5.41) is 18.9. The quantitative estimate of drug-likeness (QED) is 0.456. The number of carbonyl (C=O) groups is 1. The fourth-order valence-corrected chi connectivity index (χ4v) is 2.95. The van der Waals surface area contributed by atoms with Gasteiger partial charge in [-0.25, -0.2) is 0 Å². The van der Waals surface area contributed by atoms with Crippen LogP contribution in [0.2, 0.25) is 0 Å². The van der Waals surface area contributed by atoms with Crippen LogP contribution in [0.3, 0.4) is 0 Å². The molecule has 0 fully saturated rings. The number of ketones is 1. The lowest BCUT2D eigenvalue weighted by atomic mass is 10.0. The van der Waals surface area contributed by atoms with Crippen molar-refractivity contribution in [1.29, 1.82) is 5.26 Å². The minimum atomic E-state index is -0.335. The lowest BCUT2D eigenvalue weighted by molar-refractivity contribution is 0.104. The van der Waals surface area contributed by atoms with Crippen molar-refractivity contribution in [1.82, 2.24) is 0 Å². The van der Waals surface area contributed by atoms with Crippen LogP contribution in [0.5, 0.6) is 5.75 Å². The number of aromatic hydroxyl groups is 1. The first-order valence-corrected chi connectivity index (χ1v) is 7.51. The Kier molecular flexibility index (Phi) is 4.94. The highest BCUT2D eigenvalue weighted by molar-refractivity contribution is 9.11. The average Bonchev–Trinajstić information content (AvgIpc) is 2.50. The van der Waals surface area contributed by atoms with E-state index in [2.05, 4.69) is 31.9 Å². The summed E-state index contributed by atoms with van der Waals surface area (Å²) in [4.78, 5) is 12.3. The van der Waals surface area contributed by atoms with Crippen LogP contribution in [0.4, 0.5) is 0 Å². The Labute approximate surface area is 138 Å². The number of nitrogens with zero attached hydrogens (tertiary/aromatic N) is 1. The molecule has 0 bridgehead atoms. The number of rotatable bonds is 3. The van der Waals surface area contributed by atoms with Gasteiger partial charge in [-0.05, 0) is 55.6 Å². The monoisotopic (exact) mass is 405 g/mol. The lowest BCUT2D eigenvalue weighted by Gasteiger charge is -2.03. The molecule has 0 saturated carbocycles. The van der Waals surface area contributed by atoms with E-state index >= 15 is 0 Å². The van der Waals surface area contributed by atoms with Gasteiger partial charge < -0.3 is 5.11 Å². The predicted octanol–water partition coefficient (Wildman–Crippen LogP) is 4.71. The summed E-state index contributed by atoms with van der Waals surface area (Å²) in [6, 6.07) is 13.8. The molecule has 0 atom stereocenters. The smallest absolute Gasteiger partial charge is 0.203 e. The van der Waals surface area contributed by atoms with Crippen LogP contribution in [0.25, 0.3) is 6.08 Å². The Morgan fingerprint density at radius 1 is 1.14 bits per heavy atom. The van der Waals surface area contributed by atoms with Gasteiger partial charge in [0.2, 0.25) is 5.78 Å². The Morgan fingerprint density at radius 3 is 2.24 bits per heavy atom. The highest BCUT2D eigenvalue weighted by Crippen LogP contribution is 2.34. The van der Waals surface area contributed by atoms with Gasteiger partial charge in [-0.2, -0.15) is 5.26 Å². The molecule has 1 N–H and O–H groups in total. The lowest BCUT2D eigenvalue weighted by Crippen LogP contribution is -2.01. The van der Waals surface area contributed by atoms with Crippen LogP contribution in [0.1, 0.15) is 15.9 Å². The molecule has 0 saturated heterocycles. The number of nitriles is 1. The first-order valence-electron chi connectivity index (χ1n) is 5.92. The van der Waals surface area contributed by atoms with Crippen LogP contribution >= 0.6 is 31.9 Å². The highest BCUT2D eigenvalue weighted by atomic mass is 79.9. The Balaban J connectivity index is 2.43. The molecule has 0 aliphatic carbocycles. The molecule has 0 aliphatic rings. The zero-order valence-electron chi connectivity index (χ0n) is 10.7. The predicted molar refractivity (Wildman–Crippen MR) is 87.9 cm³/mol. The normalized spacial score (nSPS) is 11.0. The van der Waals surface area contributed by atoms with Crippen molar-refractivity contribution in [3.05, 3.63) is 68.1 Å². The van der Waals surface area contributed by atoms with E-state index in [1.807, 2.05) is 6.07 Å². The van der Waals surface area contributed by atoms with E-state index in [0.29, 0.717) is 20.1 Å². The Morgan fingerprint density at radius 2 is 1.71 bits per heavy atom. The van der Waals surface area contributed by atoms with Crippen LogP contribution in [-0.2, 0) is 0 Å². The molecule has 5 heteroatoms. The molecule has 0 spiro atoms. The van der Waals surface area contributed by atoms with Crippen molar-refractivity contribution in [2.24, 2.45) is 0 Å². The fraction of sp³-hybridized carbons (Fsp3) is 0. The average molecular weight is 407 g/mol. The van der Waals surface area contributed by atoms with Gasteiger partial charge in [0.25, 0.3) is 0 Å². The molecular formula is C16H9Br2NO2. The number of Topliss-reactive ketones (excluding diaryl/α,β-unsaturated/α-hetero) is 1. The van der Waals surface area contributed by atoms with Crippen LogP contribution in [-0.4, -0.2) is 10.9 Å². The van der Waals surface area contributed by atoms with Gasteiger partial charge in [-0.3, -0.25) is 4.79 Å². The molecule has 0 aromatic heterocycles. The molecule has 2 aromatic carbocycles. The SMILES string of the molecule is N#CC(=Cc1cc(Br)c(O)c(Br)c1)C(=O)c1ccccc1. The molecule has 0 aliphatic heterocycles. The van der Waals surface area contributed by atoms with E-state index in [0.717, 1.165) is 0 Å². The number of hydrogen-bond acceptors (Lipinski definition) is 3. The van der Waals surface area contributed by atoms with Crippen molar-refractivity contribution in [3.63, 3.8) is 0 Å². The summed E-state index contributed by atoms with van der Waals surface area (Å²) in [5.41, 5.74) is 1.13. The second-order valence-electron chi connectivity index (χ2n) is 4.20. The molecule has 0 unspecified atom stereocenters. The number of carbonyl (C=O) groups excluding carboxylic acids is 1. The Bertz CT molecular complexity index is 739. The number of allylic oxidation sites excluding steroid dienone is 1. The van der Waals surface area contributed by atoms with Crippen LogP contribution in [0.15, 0.2) is 57.0 Å². The number of benzene rings is 2. The maximum Gasteiger partial charge on any atom is 0.203 e. The molecular weight excluding hydrogens is 398 g/mol. The number of phenols is 1. The summed E-state index contributed by atoms with van der Waals surface area (Å²) in [6.45, 7) is 0. The molecule has 0 amide bonds. The summed E-state index contributed by atoms with van der Waals surface area (Å²) in [5.74, 6) is -0.265. The third-order valence-electron chi connectivity index (χ3n) is 2.75. The summed E-state index contributed by atoms with van der Waals surface area (Å²) in [6.07, 6.45) is 1.49. The largest absolute Gasteiger partial charge is 0.506 e. The summed E-state index contributed by atoms with van der Waals surface area (Å²) in [7, 11) is 0. The topological polar surface area (TPSA) is 61.1 Å². The van der Waals surface area contributed by atoms with Gasteiger partial charge in [-0.1, -0.05) is 30.3 Å². The van der Waals surface area contributed by atoms with E-state index in [4.69, 9.17) is 0 Å². The van der Waals surface area contributed by atoms with Gasteiger partial charge in [0.15, 0.2) is 0 Å². The van der Waals surface area contributed by atoms with Crippen molar-refractivity contribution in [3.8, 4) is 11.8 Å². The minimum Gasteiger partial charge on any atom is -0.506 e. The van der Waals surface area contributed by atoms with E-state index in [-0.39, 0.29) is 17.1 Å². The standard InChI is InChI=1S/C16H9Br2NO2/c17-13-7-10(8-14(18)16(13)21)6-12(9-19)15(20)11-4-2-1-3-5-11/h1-8,21H. The third kappa shape index (κ3) is 3.60. The summed E-state index contributed by atoms with van der Waals surface area (Å²) >= 11 is 6.43. The zero-order chi connectivity index (χ0) is 15.4. The second-order valence-corrected chi connectivity index (χ2v) is 5.91. The first-order chi connectivity index (χ1) is 10.0. The van der Waals surface area contributed by atoms with Gasteiger partial charge in [0.05, 0.1) is 8.95 Å². The van der Waals surface area contributed by atoms with Gasteiger partial charge in [0.1, 0.15) is 17.4 Å². The zero-order valence-corrected chi connectivity index (χ0v) is 13.8. The van der Waals surface area contributed by atoms with Crippen molar-refractivity contribution in [2.75, 3.05) is 0 Å². The molecule has 2 rings (SSSR count). The molecule has 2 aromatic rings. The molecule has 104 valence electrons. The first kappa shape index (κ1) is 15.5. The second kappa shape index (κ2) is 6.70. The highest BCUT2D eigenvalue weighted by Gasteiger charge is 2.12. The fourth-order valence-electron chi connectivity index (χ4n) is 1.73. The Hall–Kier alpha value is -1.90. The molecule has 0 radical (unpaired) electrons. The maximum atomic E-state index is 12.3. The van der Waals surface area contributed by atoms with Crippen molar-refractivity contribution >= 4 is 43.7 Å². The number of phenolic OH excluding ortho intramolecular Hbond substituents is 1. The van der Waals surface area contributed by atoms with E-state index < -0.39 is 0 Å². The number of hydrogen-bond donors (Lipinski definition) is 1. The summed E-state index contributed by atoms with van der Waals surface area (Å²) < 4.78 is 0.958. The van der Waals surface area contributed by atoms with E-state index in [9.17, 15) is 15.2 Å². The van der Waals surface area contributed by atoms with E-state index in [1.54, 1.807) is 42.5 Å². The van der Waals surface area contributed by atoms with Crippen LogP contribution < -0.4 is 0 Å². The maximum absolute atomic E-state index is 12.3. The molecule has 21 heavy (non-hydrogen) atoms. The van der Waals surface area contributed by atoms with Crippen molar-refractivity contribution in [2.45, 2.75) is 0 Å². The van der Waals surface area contributed by atoms with Crippen molar-refractivity contribution < 1.29 is 9.90 Å².